The van der Waals surface area contributed by atoms with Crippen LogP contribution in [0.25, 0.3) is 0 Å². The minimum Gasteiger partial charge on any atom is -0.383 e. The van der Waals surface area contributed by atoms with Gasteiger partial charge in [-0.25, -0.2) is 0 Å². The molecule has 1 unspecified atom stereocenters. The molecule has 1 heterocycles. The zero-order valence-electron chi connectivity index (χ0n) is 10.7. The first kappa shape index (κ1) is 13.1. The standard InChI is InChI=1S/C13H22N2O/c1-10(2)13(9-16-4)15-8-12-6-5-7-14-11(12)3/h5-7,10,13,15H,8-9H2,1-4H3. The summed E-state index contributed by atoms with van der Waals surface area (Å²) in [7, 11) is 1.74. The predicted molar refractivity (Wildman–Crippen MR) is 66.3 cm³/mol. The average molecular weight is 222 g/mol. The summed E-state index contributed by atoms with van der Waals surface area (Å²) in [6.45, 7) is 8.04. The Hall–Kier alpha value is -0.930. The van der Waals surface area contributed by atoms with Crippen molar-refractivity contribution in [1.29, 1.82) is 0 Å². The van der Waals surface area contributed by atoms with Gasteiger partial charge in [0, 0.05) is 31.6 Å². The summed E-state index contributed by atoms with van der Waals surface area (Å²) < 4.78 is 5.21. The van der Waals surface area contributed by atoms with Crippen LogP contribution in [-0.2, 0) is 11.3 Å². The zero-order valence-corrected chi connectivity index (χ0v) is 10.7. The third kappa shape index (κ3) is 3.91. The zero-order chi connectivity index (χ0) is 12.0. The van der Waals surface area contributed by atoms with Crippen molar-refractivity contribution in [3.05, 3.63) is 29.6 Å². The molecule has 16 heavy (non-hydrogen) atoms. The van der Waals surface area contributed by atoms with E-state index in [-0.39, 0.29) is 0 Å². The summed E-state index contributed by atoms with van der Waals surface area (Å²) in [5, 5.41) is 3.51. The summed E-state index contributed by atoms with van der Waals surface area (Å²) in [4.78, 5) is 4.28. The lowest BCUT2D eigenvalue weighted by Crippen LogP contribution is -2.37. The van der Waals surface area contributed by atoms with Gasteiger partial charge in [-0.05, 0) is 24.5 Å². The van der Waals surface area contributed by atoms with Gasteiger partial charge in [0.1, 0.15) is 0 Å². The Bertz CT molecular complexity index is 313. The molecule has 0 aliphatic carbocycles. The number of aromatic nitrogens is 1. The number of rotatable bonds is 6. The van der Waals surface area contributed by atoms with Crippen LogP contribution >= 0.6 is 0 Å². The monoisotopic (exact) mass is 222 g/mol. The number of hydrogen-bond acceptors (Lipinski definition) is 3. The largest absolute Gasteiger partial charge is 0.383 e. The number of pyridine rings is 1. The SMILES string of the molecule is COCC(NCc1cccnc1C)C(C)C. The smallest absolute Gasteiger partial charge is 0.0618 e. The Kier molecular flexibility index (Phi) is 5.43. The van der Waals surface area contributed by atoms with Crippen LogP contribution in [0.5, 0.6) is 0 Å². The maximum absolute atomic E-state index is 5.21. The van der Waals surface area contributed by atoms with E-state index in [0.29, 0.717) is 12.0 Å². The van der Waals surface area contributed by atoms with Crippen LogP contribution in [-0.4, -0.2) is 24.7 Å². The molecular formula is C13H22N2O. The summed E-state index contributed by atoms with van der Waals surface area (Å²) >= 11 is 0. The second kappa shape index (κ2) is 6.61. The van der Waals surface area contributed by atoms with Gasteiger partial charge < -0.3 is 10.1 Å². The van der Waals surface area contributed by atoms with E-state index >= 15 is 0 Å². The minimum absolute atomic E-state index is 0.393. The highest BCUT2D eigenvalue weighted by molar-refractivity contribution is 5.17. The van der Waals surface area contributed by atoms with Gasteiger partial charge in [0.2, 0.25) is 0 Å². The number of ether oxygens (including phenoxy) is 1. The summed E-state index contributed by atoms with van der Waals surface area (Å²) in [5.41, 5.74) is 2.35. The van der Waals surface area contributed by atoms with E-state index in [1.165, 1.54) is 5.56 Å². The normalized spacial score (nSPS) is 13.1. The topological polar surface area (TPSA) is 34.1 Å². The average Bonchev–Trinajstić information content (AvgIpc) is 2.26. The van der Waals surface area contributed by atoms with Crippen molar-refractivity contribution in [2.45, 2.75) is 33.4 Å². The summed E-state index contributed by atoms with van der Waals surface area (Å²) in [5.74, 6) is 0.567. The Morgan fingerprint density at radius 1 is 1.44 bits per heavy atom. The molecule has 0 amide bonds. The fraction of sp³-hybridized carbons (Fsp3) is 0.615. The molecule has 1 aromatic heterocycles. The number of aryl methyl sites for hydroxylation is 1. The molecular weight excluding hydrogens is 200 g/mol. The Labute approximate surface area is 98.2 Å². The van der Waals surface area contributed by atoms with Crippen molar-refractivity contribution in [3.63, 3.8) is 0 Å². The van der Waals surface area contributed by atoms with Crippen molar-refractivity contribution >= 4 is 0 Å². The molecule has 0 saturated heterocycles. The molecule has 90 valence electrons. The Morgan fingerprint density at radius 3 is 2.75 bits per heavy atom. The van der Waals surface area contributed by atoms with Crippen molar-refractivity contribution < 1.29 is 4.74 Å². The first-order chi connectivity index (χ1) is 7.65. The first-order valence-electron chi connectivity index (χ1n) is 5.78. The van der Waals surface area contributed by atoms with Crippen LogP contribution in [0.15, 0.2) is 18.3 Å². The third-order valence-electron chi connectivity index (χ3n) is 2.82. The number of nitrogens with zero attached hydrogens (tertiary/aromatic N) is 1. The Morgan fingerprint density at radius 2 is 2.19 bits per heavy atom. The number of nitrogens with one attached hydrogen (secondary N) is 1. The van der Waals surface area contributed by atoms with Crippen LogP contribution < -0.4 is 5.32 Å². The van der Waals surface area contributed by atoms with Gasteiger partial charge in [0.15, 0.2) is 0 Å². The Balaban J connectivity index is 2.52. The summed E-state index contributed by atoms with van der Waals surface area (Å²) in [6, 6.07) is 4.48. The maximum atomic E-state index is 5.21. The van der Waals surface area contributed by atoms with Crippen molar-refractivity contribution in [2.24, 2.45) is 5.92 Å². The van der Waals surface area contributed by atoms with Crippen molar-refractivity contribution in [1.82, 2.24) is 10.3 Å². The number of hydrogen-bond donors (Lipinski definition) is 1. The molecule has 0 aromatic carbocycles. The van der Waals surface area contributed by atoms with Gasteiger partial charge in [-0.2, -0.15) is 0 Å². The van der Waals surface area contributed by atoms with Crippen LogP contribution in [0.4, 0.5) is 0 Å². The molecule has 1 aromatic rings. The molecule has 0 saturated carbocycles. The lowest BCUT2D eigenvalue weighted by atomic mass is 10.0. The maximum Gasteiger partial charge on any atom is 0.0618 e. The summed E-state index contributed by atoms with van der Waals surface area (Å²) in [6.07, 6.45) is 1.83. The van der Waals surface area contributed by atoms with E-state index in [2.05, 4.69) is 30.2 Å². The van der Waals surface area contributed by atoms with Crippen molar-refractivity contribution in [2.75, 3.05) is 13.7 Å². The fourth-order valence-corrected chi connectivity index (χ4v) is 1.61. The van der Waals surface area contributed by atoms with Gasteiger partial charge >= 0.3 is 0 Å². The van der Waals surface area contributed by atoms with E-state index in [0.717, 1.165) is 18.8 Å². The minimum atomic E-state index is 0.393. The molecule has 0 aliphatic heterocycles. The molecule has 0 aliphatic rings. The lowest BCUT2D eigenvalue weighted by Gasteiger charge is -2.21. The van der Waals surface area contributed by atoms with E-state index < -0.39 is 0 Å². The molecule has 0 radical (unpaired) electrons. The van der Waals surface area contributed by atoms with E-state index in [1.807, 2.05) is 19.2 Å². The third-order valence-corrected chi connectivity index (χ3v) is 2.82. The number of methoxy groups -OCH3 is 1. The molecule has 0 spiro atoms. The first-order valence-corrected chi connectivity index (χ1v) is 5.78. The second-order valence-electron chi connectivity index (χ2n) is 4.43. The molecule has 0 fully saturated rings. The fourth-order valence-electron chi connectivity index (χ4n) is 1.61. The molecule has 1 N–H and O–H groups in total. The molecule has 1 rings (SSSR count). The highest BCUT2D eigenvalue weighted by atomic mass is 16.5. The molecule has 0 bridgehead atoms. The van der Waals surface area contributed by atoms with Crippen LogP contribution in [0.1, 0.15) is 25.1 Å². The van der Waals surface area contributed by atoms with E-state index in [9.17, 15) is 0 Å². The van der Waals surface area contributed by atoms with Crippen molar-refractivity contribution in [3.8, 4) is 0 Å². The predicted octanol–water partition coefficient (Wildman–Crippen LogP) is 2.15. The van der Waals surface area contributed by atoms with Gasteiger partial charge in [0.05, 0.1) is 6.61 Å². The van der Waals surface area contributed by atoms with Gasteiger partial charge in [-0.1, -0.05) is 19.9 Å². The lowest BCUT2D eigenvalue weighted by molar-refractivity contribution is 0.146. The quantitative estimate of drug-likeness (QED) is 0.801. The van der Waals surface area contributed by atoms with Gasteiger partial charge in [0.25, 0.3) is 0 Å². The van der Waals surface area contributed by atoms with E-state index in [1.54, 1.807) is 7.11 Å². The van der Waals surface area contributed by atoms with E-state index in [4.69, 9.17) is 4.74 Å². The van der Waals surface area contributed by atoms with Crippen LogP contribution in [0.3, 0.4) is 0 Å². The second-order valence-corrected chi connectivity index (χ2v) is 4.43. The highest BCUT2D eigenvalue weighted by Gasteiger charge is 2.12. The highest BCUT2D eigenvalue weighted by Crippen LogP contribution is 2.06. The molecule has 3 nitrogen and oxygen atoms in total. The molecule has 3 heteroatoms. The van der Waals surface area contributed by atoms with Crippen LogP contribution in [0, 0.1) is 12.8 Å². The van der Waals surface area contributed by atoms with Crippen LogP contribution in [0.2, 0.25) is 0 Å². The van der Waals surface area contributed by atoms with Gasteiger partial charge in [-0.15, -0.1) is 0 Å². The van der Waals surface area contributed by atoms with Gasteiger partial charge in [-0.3, -0.25) is 4.98 Å². The molecule has 1 atom stereocenters.